The zero-order valence-electron chi connectivity index (χ0n) is 17.5. The molecule has 1 unspecified atom stereocenters. The number of carbonyl (C=O) groups excluding carboxylic acids is 3. The average molecular weight is 448 g/mol. The summed E-state index contributed by atoms with van der Waals surface area (Å²) in [6.07, 6.45) is 2.91. The molecule has 0 aliphatic carbocycles. The number of rotatable bonds is 5. The summed E-state index contributed by atoms with van der Waals surface area (Å²) in [5.74, 6) is -0.471. The van der Waals surface area contributed by atoms with Crippen LogP contribution < -0.4 is 16.2 Å². The molecule has 1 atom stereocenters. The molecule has 0 saturated carbocycles. The maximum Gasteiger partial charge on any atom is 0.415 e. The molecule has 1 aromatic heterocycles. The van der Waals surface area contributed by atoms with Crippen molar-refractivity contribution in [3.8, 4) is 5.75 Å². The third-order valence-corrected chi connectivity index (χ3v) is 5.09. The minimum atomic E-state index is -0.641. The highest BCUT2D eigenvalue weighted by Crippen LogP contribution is 2.20. The van der Waals surface area contributed by atoms with E-state index < -0.39 is 12.0 Å². The van der Waals surface area contributed by atoms with Crippen LogP contribution in [0.15, 0.2) is 36.7 Å². The predicted molar refractivity (Wildman–Crippen MR) is 117 cm³/mol. The Morgan fingerprint density at radius 3 is 2.65 bits per heavy atom. The van der Waals surface area contributed by atoms with Crippen LogP contribution in [0, 0.1) is 0 Å². The smallest absolute Gasteiger partial charge is 0.409 e. The predicted octanol–water partition coefficient (Wildman–Crippen LogP) is 1.93. The lowest BCUT2D eigenvalue weighted by molar-refractivity contribution is 0.0750. The number of aldehydes is 1. The van der Waals surface area contributed by atoms with Crippen molar-refractivity contribution >= 4 is 29.9 Å². The van der Waals surface area contributed by atoms with Crippen LogP contribution in [0.3, 0.4) is 0 Å². The SMILES string of the molecule is CC1CN(Cc2ccc(Cl)c(C=O)c2)CCN1C(=O)Oc1cncc(C(N)=O)c1.CN. The number of aromatic nitrogens is 1. The summed E-state index contributed by atoms with van der Waals surface area (Å²) in [7, 11) is 1.50. The van der Waals surface area contributed by atoms with Crippen molar-refractivity contribution < 1.29 is 19.1 Å². The molecule has 166 valence electrons. The fourth-order valence-electron chi connectivity index (χ4n) is 3.26. The van der Waals surface area contributed by atoms with Crippen LogP contribution in [0.2, 0.25) is 5.02 Å². The van der Waals surface area contributed by atoms with Gasteiger partial charge in [0, 0.05) is 44.0 Å². The van der Waals surface area contributed by atoms with E-state index in [0.29, 0.717) is 36.8 Å². The zero-order valence-corrected chi connectivity index (χ0v) is 18.2. The molecule has 31 heavy (non-hydrogen) atoms. The molecular weight excluding hydrogens is 422 g/mol. The maximum atomic E-state index is 12.5. The summed E-state index contributed by atoms with van der Waals surface area (Å²) in [5, 5.41) is 0.430. The molecular formula is C21H26ClN5O4. The lowest BCUT2D eigenvalue weighted by Gasteiger charge is -2.39. The van der Waals surface area contributed by atoms with E-state index in [0.717, 1.165) is 11.8 Å². The lowest BCUT2D eigenvalue weighted by Crippen LogP contribution is -2.54. The van der Waals surface area contributed by atoms with Crippen LogP contribution in [0.1, 0.15) is 33.2 Å². The van der Waals surface area contributed by atoms with Crippen LogP contribution in [0.5, 0.6) is 5.75 Å². The van der Waals surface area contributed by atoms with Crippen LogP contribution in [-0.2, 0) is 6.54 Å². The fourth-order valence-corrected chi connectivity index (χ4v) is 3.42. The molecule has 4 N–H and O–H groups in total. The summed E-state index contributed by atoms with van der Waals surface area (Å²) in [4.78, 5) is 42.5. The van der Waals surface area contributed by atoms with Crippen molar-refractivity contribution in [2.75, 3.05) is 26.7 Å². The molecule has 3 rings (SSSR count). The number of hydrogen-bond donors (Lipinski definition) is 2. The topological polar surface area (TPSA) is 132 Å². The van der Waals surface area contributed by atoms with E-state index in [1.54, 1.807) is 17.0 Å². The van der Waals surface area contributed by atoms with Crippen LogP contribution in [0.25, 0.3) is 0 Å². The van der Waals surface area contributed by atoms with E-state index in [1.165, 1.54) is 25.5 Å². The second kappa shape index (κ2) is 11.4. The van der Waals surface area contributed by atoms with Crippen molar-refractivity contribution in [3.63, 3.8) is 0 Å². The summed E-state index contributed by atoms with van der Waals surface area (Å²) in [6.45, 7) is 4.36. The maximum absolute atomic E-state index is 12.5. The molecule has 1 aliphatic rings. The molecule has 2 amide bonds. The highest BCUT2D eigenvalue weighted by molar-refractivity contribution is 6.32. The number of ether oxygens (including phenoxy) is 1. The number of carbonyl (C=O) groups is 3. The van der Waals surface area contributed by atoms with Gasteiger partial charge >= 0.3 is 6.09 Å². The number of primary amides is 1. The van der Waals surface area contributed by atoms with Gasteiger partial charge in [-0.15, -0.1) is 0 Å². The second-order valence-electron chi connectivity index (χ2n) is 6.89. The molecule has 0 radical (unpaired) electrons. The van der Waals surface area contributed by atoms with Crippen LogP contribution in [0.4, 0.5) is 4.79 Å². The Morgan fingerprint density at radius 1 is 1.26 bits per heavy atom. The van der Waals surface area contributed by atoms with Gasteiger partial charge < -0.3 is 21.1 Å². The van der Waals surface area contributed by atoms with Gasteiger partial charge in [0.25, 0.3) is 0 Å². The summed E-state index contributed by atoms with van der Waals surface area (Å²) in [5.41, 5.74) is 11.3. The summed E-state index contributed by atoms with van der Waals surface area (Å²) >= 11 is 5.98. The average Bonchev–Trinajstić information content (AvgIpc) is 2.76. The Morgan fingerprint density at radius 2 is 2.00 bits per heavy atom. The second-order valence-corrected chi connectivity index (χ2v) is 7.30. The van der Waals surface area contributed by atoms with Gasteiger partial charge in [0.2, 0.25) is 5.91 Å². The van der Waals surface area contributed by atoms with Gasteiger partial charge in [-0.2, -0.15) is 0 Å². The van der Waals surface area contributed by atoms with Gasteiger partial charge in [-0.25, -0.2) is 4.79 Å². The molecule has 1 fully saturated rings. The minimum absolute atomic E-state index is 0.0821. The van der Waals surface area contributed by atoms with E-state index in [1.807, 2.05) is 13.0 Å². The van der Waals surface area contributed by atoms with Gasteiger partial charge in [0.15, 0.2) is 12.0 Å². The van der Waals surface area contributed by atoms with E-state index in [-0.39, 0.29) is 17.4 Å². The molecule has 0 spiro atoms. The molecule has 0 bridgehead atoms. The third-order valence-electron chi connectivity index (χ3n) is 4.74. The Bertz CT molecular complexity index is 940. The first-order valence-corrected chi connectivity index (χ1v) is 10.0. The van der Waals surface area contributed by atoms with Crippen molar-refractivity contribution in [2.45, 2.75) is 19.5 Å². The van der Waals surface area contributed by atoms with Crippen molar-refractivity contribution in [2.24, 2.45) is 11.5 Å². The number of nitrogens with zero attached hydrogens (tertiary/aromatic N) is 3. The van der Waals surface area contributed by atoms with E-state index >= 15 is 0 Å². The van der Waals surface area contributed by atoms with Gasteiger partial charge in [-0.1, -0.05) is 17.7 Å². The van der Waals surface area contributed by atoms with Gasteiger partial charge in [-0.05, 0) is 37.7 Å². The first kappa shape index (κ1) is 24.3. The Kier molecular flexibility index (Phi) is 8.92. The monoisotopic (exact) mass is 447 g/mol. The quantitative estimate of drug-likeness (QED) is 0.669. The summed E-state index contributed by atoms with van der Waals surface area (Å²) in [6, 6.07) is 6.69. The first-order chi connectivity index (χ1) is 14.9. The van der Waals surface area contributed by atoms with Crippen molar-refractivity contribution in [1.82, 2.24) is 14.8 Å². The number of nitrogens with two attached hydrogens (primary N) is 2. The number of piperazine rings is 1. The first-order valence-electron chi connectivity index (χ1n) is 9.64. The van der Waals surface area contributed by atoms with Crippen molar-refractivity contribution in [1.29, 1.82) is 0 Å². The normalized spacial score (nSPS) is 16.1. The van der Waals surface area contributed by atoms with Gasteiger partial charge in [-0.3, -0.25) is 19.5 Å². The van der Waals surface area contributed by atoms with Crippen LogP contribution >= 0.6 is 11.6 Å². The van der Waals surface area contributed by atoms with E-state index in [4.69, 9.17) is 22.1 Å². The molecule has 2 heterocycles. The highest BCUT2D eigenvalue weighted by Gasteiger charge is 2.29. The largest absolute Gasteiger partial charge is 0.415 e. The number of amides is 2. The number of halogens is 1. The van der Waals surface area contributed by atoms with Crippen molar-refractivity contribution in [3.05, 3.63) is 58.4 Å². The van der Waals surface area contributed by atoms with Crippen LogP contribution in [-0.4, -0.2) is 65.8 Å². The summed E-state index contributed by atoms with van der Waals surface area (Å²) < 4.78 is 5.36. The Labute approximate surface area is 185 Å². The molecule has 2 aromatic rings. The number of benzene rings is 1. The molecule has 1 aromatic carbocycles. The standard InChI is InChI=1S/C20H21ClN4O4.CH5N/c1-13-10-24(11-14-2-3-18(21)16(6-14)12-26)4-5-25(13)20(28)29-17-7-15(19(22)27)8-23-9-17;1-2/h2-3,6-9,12-13H,4-5,10-11H2,1H3,(H2,22,27);2H2,1H3. The Hall–Kier alpha value is -3.01. The van der Waals surface area contributed by atoms with Gasteiger partial charge in [0.05, 0.1) is 16.8 Å². The number of pyridine rings is 1. The molecule has 9 nitrogen and oxygen atoms in total. The molecule has 10 heteroatoms. The molecule has 1 aliphatic heterocycles. The fraction of sp³-hybridized carbons (Fsp3) is 0.333. The van der Waals surface area contributed by atoms with E-state index in [9.17, 15) is 14.4 Å². The third kappa shape index (κ3) is 6.48. The minimum Gasteiger partial charge on any atom is -0.409 e. The lowest BCUT2D eigenvalue weighted by atomic mass is 10.1. The molecule has 1 saturated heterocycles. The van der Waals surface area contributed by atoms with E-state index in [2.05, 4.69) is 15.6 Å². The van der Waals surface area contributed by atoms with Gasteiger partial charge in [0.1, 0.15) is 0 Å². The highest BCUT2D eigenvalue weighted by atomic mass is 35.5. The zero-order chi connectivity index (χ0) is 23.0. The number of hydrogen-bond acceptors (Lipinski definition) is 7. The Balaban J connectivity index is 0.00000166.